The predicted molar refractivity (Wildman–Crippen MR) is 136 cm³/mol. The van der Waals surface area contributed by atoms with Crippen molar-refractivity contribution in [2.24, 2.45) is 23.2 Å². The zero-order valence-electron chi connectivity index (χ0n) is 20.8. The molecule has 6 rings (SSSR count). The lowest BCUT2D eigenvalue weighted by molar-refractivity contribution is -0.129. The number of nitrogens with zero attached hydrogens (tertiary/aromatic N) is 3. The van der Waals surface area contributed by atoms with Gasteiger partial charge in [0.15, 0.2) is 0 Å². The highest BCUT2D eigenvalue weighted by atomic mass is 16.3. The molecule has 2 fully saturated rings. The zero-order valence-corrected chi connectivity index (χ0v) is 20.8. The van der Waals surface area contributed by atoms with Crippen LogP contribution in [0.2, 0.25) is 0 Å². The summed E-state index contributed by atoms with van der Waals surface area (Å²) in [6, 6.07) is 14.3. The first-order chi connectivity index (χ1) is 16.9. The molecule has 0 amide bonds. The molecule has 182 valence electrons. The molecule has 0 bridgehead atoms. The molecule has 0 spiro atoms. The van der Waals surface area contributed by atoms with E-state index in [1.54, 1.807) is 0 Å². The number of phenols is 1. The van der Waals surface area contributed by atoms with Gasteiger partial charge in [-0.25, -0.2) is 0 Å². The van der Waals surface area contributed by atoms with Crippen LogP contribution in [-0.4, -0.2) is 25.9 Å². The summed E-state index contributed by atoms with van der Waals surface area (Å²) in [5.41, 5.74) is 5.82. The van der Waals surface area contributed by atoms with Gasteiger partial charge in [0.25, 0.3) is 0 Å². The first-order valence-corrected chi connectivity index (χ1v) is 13.2. The highest BCUT2D eigenvalue weighted by Crippen LogP contribution is 2.62. The Hall–Kier alpha value is -2.95. The molecule has 5 atom stereocenters. The van der Waals surface area contributed by atoms with E-state index >= 15 is 0 Å². The Morgan fingerprint density at radius 2 is 1.97 bits per heavy atom. The van der Waals surface area contributed by atoms with Crippen LogP contribution in [0.25, 0.3) is 11.3 Å². The molecule has 0 radical (unpaired) electrons. The number of carbonyl (C=O) groups is 1. The van der Waals surface area contributed by atoms with Crippen LogP contribution in [0.4, 0.5) is 0 Å². The van der Waals surface area contributed by atoms with Crippen molar-refractivity contribution in [2.45, 2.75) is 71.3 Å². The largest absolute Gasteiger partial charge is 0.508 e. The first kappa shape index (κ1) is 22.5. The zero-order chi connectivity index (χ0) is 24.2. The minimum absolute atomic E-state index is 0.161. The summed E-state index contributed by atoms with van der Waals surface area (Å²) in [5, 5.41) is 18.7. The molecular weight excluding hydrogens is 434 g/mol. The number of carbonyl (C=O) groups excluding carboxylic acids is 1. The van der Waals surface area contributed by atoms with Crippen LogP contribution < -0.4 is 0 Å². The lowest BCUT2D eigenvalue weighted by Crippen LogP contribution is -2.44. The van der Waals surface area contributed by atoms with Crippen LogP contribution in [0.1, 0.15) is 68.1 Å². The average molecular weight is 470 g/mol. The van der Waals surface area contributed by atoms with Gasteiger partial charge in [-0.3, -0.25) is 9.48 Å². The molecule has 3 aliphatic carbocycles. The van der Waals surface area contributed by atoms with Crippen molar-refractivity contribution < 1.29 is 9.90 Å². The van der Waals surface area contributed by atoms with Gasteiger partial charge in [-0.05, 0) is 92.4 Å². The van der Waals surface area contributed by atoms with E-state index in [2.05, 4.69) is 54.5 Å². The molecule has 2 saturated carbocycles. The fourth-order valence-corrected chi connectivity index (χ4v) is 7.67. The number of benzene rings is 2. The van der Waals surface area contributed by atoms with Gasteiger partial charge in [0.1, 0.15) is 17.2 Å². The van der Waals surface area contributed by atoms with Crippen LogP contribution in [0.15, 0.2) is 48.7 Å². The SMILES string of the molecule is Cc1ccc(-c2cn(CCC[C@H]3CC(=O)[C@@]4(C)CC[C@@H]5c6ccc(O)cc6CC[C@H]5[C@H]34)nn2)cc1. The second-order valence-electron chi connectivity index (χ2n) is 11.4. The Labute approximate surface area is 207 Å². The maximum absolute atomic E-state index is 13.3. The van der Waals surface area contributed by atoms with E-state index in [9.17, 15) is 9.90 Å². The third kappa shape index (κ3) is 3.89. The summed E-state index contributed by atoms with van der Waals surface area (Å²) in [7, 11) is 0. The number of ketones is 1. The molecular formula is C30H35N3O2. The lowest BCUT2D eigenvalue weighted by Gasteiger charge is -2.50. The van der Waals surface area contributed by atoms with Crippen molar-refractivity contribution in [1.82, 2.24) is 15.0 Å². The lowest BCUT2D eigenvalue weighted by atomic mass is 9.54. The molecule has 0 aliphatic heterocycles. The van der Waals surface area contributed by atoms with Crippen molar-refractivity contribution in [3.63, 3.8) is 0 Å². The number of hydrogen-bond acceptors (Lipinski definition) is 4. The van der Waals surface area contributed by atoms with Gasteiger partial charge < -0.3 is 5.11 Å². The molecule has 35 heavy (non-hydrogen) atoms. The number of fused-ring (bicyclic) bond motifs is 5. The minimum Gasteiger partial charge on any atom is -0.508 e. The molecule has 1 N–H and O–H groups in total. The molecule has 0 saturated heterocycles. The standard InChI is InChI=1S/C30H35N3O2/c1-19-5-7-20(8-6-19)27-18-33(32-31-27)15-3-4-22-17-28(35)30(2)14-13-25-24-12-10-23(34)16-21(24)9-11-26(25)29(22)30/h5-8,10,12,16,18,22,25-26,29,34H,3-4,9,11,13-15,17H2,1-2H3/t22-,25+,26+,29-,30+/m0/s1. The van der Waals surface area contributed by atoms with Gasteiger partial charge in [-0.2, -0.15) is 0 Å². The van der Waals surface area contributed by atoms with Crippen molar-refractivity contribution in [1.29, 1.82) is 0 Å². The van der Waals surface area contributed by atoms with Gasteiger partial charge in [0, 0.05) is 23.9 Å². The van der Waals surface area contributed by atoms with E-state index in [0.717, 1.165) is 62.7 Å². The van der Waals surface area contributed by atoms with Crippen molar-refractivity contribution >= 4 is 5.78 Å². The number of hydrogen-bond donors (Lipinski definition) is 1. The van der Waals surface area contributed by atoms with E-state index in [1.807, 2.05) is 23.0 Å². The van der Waals surface area contributed by atoms with Crippen LogP contribution in [0.3, 0.4) is 0 Å². The quantitative estimate of drug-likeness (QED) is 0.491. The predicted octanol–water partition coefficient (Wildman–Crippen LogP) is 6.09. The summed E-state index contributed by atoms with van der Waals surface area (Å²) < 4.78 is 1.96. The van der Waals surface area contributed by atoms with E-state index in [4.69, 9.17) is 0 Å². The van der Waals surface area contributed by atoms with Crippen molar-refractivity contribution in [3.05, 3.63) is 65.4 Å². The molecule has 5 heteroatoms. The Bertz CT molecular complexity index is 1250. The summed E-state index contributed by atoms with van der Waals surface area (Å²) in [6.07, 6.45) is 9.09. The number of aromatic nitrogens is 3. The molecule has 1 heterocycles. The monoisotopic (exact) mass is 469 g/mol. The molecule has 3 aromatic rings. The fraction of sp³-hybridized carbons (Fsp3) is 0.500. The third-order valence-electron chi connectivity index (χ3n) is 9.40. The molecule has 3 aliphatic rings. The second-order valence-corrected chi connectivity index (χ2v) is 11.4. The van der Waals surface area contributed by atoms with Crippen LogP contribution in [0, 0.1) is 30.1 Å². The van der Waals surface area contributed by atoms with Crippen LogP contribution >= 0.6 is 0 Å². The number of rotatable bonds is 5. The average Bonchev–Trinajstić information content (AvgIpc) is 3.41. The summed E-state index contributed by atoms with van der Waals surface area (Å²) in [5.74, 6) is 2.88. The van der Waals surface area contributed by atoms with Gasteiger partial charge >= 0.3 is 0 Å². The highest BCUT2D eigenvalue weighted by molar-refractivity contribution is 5.87. The Morgan fingerprint density at radius 1 is 1.14 bits per heavy atom. The van der Waals surface area contributed by atoms with Crippen LogP contribution in [0.5, 0.6) is 5.75 Å². The molecule has 0 unspecified atom stereocenters. The third-order valence-corrected chi connectivity index (χ3v) is 9.40. The minimum atomic E-state index is -0.161. The van der Waals surface area contributed by atoms with Crippen LogP contribution in [-0.2, 0) is 17.8 Å². The van der Waals surface area contributed by atoms with Crippen molar-refractivity contribution in [3.8, 4) is 17.0 Å². The van der Waals surface area contributed by atoms with Gasteiger partial charge in [-0.1, -0.05) is 48.0 Å². The Morgan fingerprint density at radius 3 is 2.80 bits per heavy atom. The van der Waals surface area contributed by atoms with Gasteiger partial charge in [-0.15, -0.1) is 5.10 Å². The Kier molecular flexibility index (Phi) is 5.54. The number of phenolic OH excluding ortho intramolecular Hbond substituents is 1. The van der Waals surface area contributed by atoms with Gasteiger partial charge in [0.05, 0.1) is 6.20 Å². The smallest absolute Gasteiger partial charge is 0.139 e. The topological polar surface area (TPSA) is 68.0 Å². The highest BCUT2D eigenvalue weighted by Gasteiger charge is 2.58. The van der Waals surface area contributed by atoms with E-state index in [0.29, 0.717) is 35.2 Å². The summed E-state index contributed by atoms with van der Waals surface area (Å²) >= 11 is 0. The second kappa shape index (κ2) is 8.61. The summed E-state index contributed by atoms with van der Waals surface area (Å²) in [6.45, 7) is 5.18. The van der Waals surface area contributed by atoms with Gasteiger partial charge in [0.2, 0.25) is 0 Å². The maximum atomic E-state index is 13.3. The number of aromatic hydroxyl groups is 1. The number of Topliss-reactive ketones (excluding diaryl/α,β-unsaturated/α-hetero) is 1. The van der Waals surface area contributed by atoms with E-state index in [-0.39, 0.29) is 5.41 Å². The number of aryl methyl sites for hydroxylation is 3. The Balaban J connectivity index is 1.16. The molecule has 1 aromatic heterocycles. The molecule has 5 nitrogen and oxygen atoms in total. The van der Waals surface area contributed by atoms with E-state index in [1.165, 1.54) is 16.7 Å². The maximum Gasteiger partial charge on any atom is 0.139 e. The normalized spacial score (nSPS) is 29.5. The fourth-order valence-electron chi connectivity index (χ4n) is 7.67. The van der Waals surface area contributed by atoms with E-state index < -0.39 is 0 Å². The first-order valence-electron chi connectivity index (χ1n) is 13.2. The summed E-state index contributed by atoms with van der Waals surface area (Å²) in [4.78, 5) is 13.3. The molecule has 2 aromatic carbocycles. The van der Waals surface area contributed by atoms with Crippen molar-refractivity contribution in [2.75, 3.05) is 0 Å².